The third-order valence-corrected chi connectivity index (χ3v) is 0. The van der Waals surface area contributed by atoms with Crippen LogP contribution in [0.1, 0.15) is 0 Å². The van der Waals surface area contributed by atoms with Gasteiger partial charge in [-0.05, 0) is 11.0 Å². The second-order valence-corrected chi connectivity index (χ2v) is 8.05. The van der Waals surface area contributed by atoms with Crippen LogP contribution in [0.4, 0.5) is 0 Å². The number of hydrogen-bond acceptors (Lipinski definition) is 1. The fraction of sp³-hybridized carbons (Fsp3) is 1.00. The van der Waals surface area contributed by atoms with Crippen molar-refractivity contribution in [3.63, 3.8) is 0 Å². The molecule has 0 aliphatic carbocycles. The lowest BCUT2D eigenvalue weighted by Crippen LogP contribution is -1.74. The lowest BCUT2D eigenvalue weighted by Gasteiger charge is -1.97. The normalized spacial score (nSPS) is 8.57. The maximum atomic E-state index is 2.30. The van der Waals surface area contributed by atoms with Gasteiger partial charge >= 0.3 is 0 Å². The van der Waals surface area contributed by atoms with Crippen LogP contribution in [0, 0.1) is 0 Å². The highest BCUT2D eigenvalue weighted by molar-refractivity contribution is 7.72. The zero-order valence-corrected chi connectivity index (χ0v) is 5.79. The van der Waals surface area contributed by atoms with Crippen LogP contribution in [0.25, 0.3) is 0 Å². The molecule has 0 aliphatic rings. The van der Waals surface area contributed by atoms with Crippen LogP contribution in [-0.4, -0.2) is 43.1 Å². The molecule has 0 rings (SSSR count). The highest BCUT2D eigenvalue weighted by atomic mass is 31.2. The van der Waals surface area contributed by atoms with E-state index in [0.717, 1.165) is 0 Å². The minimum Gasteiger partial charge on any atom is -0.870 e. The molecule has 0 aromatic heterocycles. The Bertz CT molecular complexity index is 27.2. The quantitative estimate of drug-likeness (QED) is 0.341. The van der Waals surface area contributed by atoms with E-state index in [1.165, 1.54) is 0 Å². The summed E-state index contributed by atoms with van der Waals surface area (Å²) in [4.78, 5) is 0. The molecule has 0 aliphatic heterocycles. The zero-order valence-electron chi connectivity index (χ0n) is 4.89. The third kappa shape index (κ3) is 381. The summed E-state index contributed by atoms with van der Waals surface area (Å²) in [5.41, 5.74) is 0. The van der Waals surface area contributed by atoms with Gasteiger partial charge in [0.25, 0.3) is 0 Å². The summed E-state index contributed by atoms with van der Waals surface area (Å²) in [5.74, 6) is 0. The van der Waals surface area contributed by atoms with E-state index < -0.39 is 0 Å². The second kappa shape index (κ2) is 4.76. The molecule has 1 nitrogen and oxygen atoms in total. The summed E-state index contributed by atoms with van der Waals surface area (Å²) >= 11 is 0. The highest BCUT2D eigenvalue weighted by Gasteiger charge is 2.03. The van der Waals surface area contributed by atoms with Gasteiger partial charge in [0.05, 0.1) is 0 Å². The van der Waals surface area contributed by atoms with Gasteiger partial charge in [-0.25, -0.2) is 0 Å². The molecule has 48 valence electrons. The van der Waals surface area contributed by atoms with E-state index in [1.807, 2.05) is 0 Å². The Labute approximate surface area is 51.2 Å². The van der Waals surface area contributed by atoms with Crippen molar-refractivity contribution in [2.75, 3.05) is 26.7 Å². The molecule has 0 heterocycles. The Balaban J connectivity index is -0.0000000800. The fourth-order valence-electron chi connectivity index (χ4n) is 0. The van der Waals surface area contributed by atoms with Crippen LogP contribution in [0.15, 0.2) is 0 Å². The molecule has 0 saturated carbocycles. The van der Waals surface area contributed by atoms with Gasteiger partial charge in [0.1, 0.15) is 0 Å². The van der Waals surface area contributed by atoms with Crippen LogP contribution in [-0.2, 0) is 0 Å². The Morgan fingerprint density at radius 2 is 0.857 bits per heavy atom. The zero-order chi connectivity index (χ0) is 4.50. The van der Waals surface area contributed by atoms with E-state index in [0.29, 0.717) is 0 Å². The van der Waals surface area contributed by atoms with E-state index in [2.05, 4.69) is 26.7 Å². The van der Waals surface area contributed by atoms with E-state index in [9.17, 15) is 0 Å². The maximum Gasteiger partial charge on any atom is 0.0481 e. The maximum absolute atomic E-state index is 2.30. The molecule has 0 unspecified atom stereocenters. The van der Waals surface area contributed by atoms with E-state index in [4.69, 9.17) is 0 Å². The minimum absolute atomic E-state index is 0. The first-order valence-corrected chi connectivity index (χ1v) is 5.37. The van der Waals surface area contributed by atoms with Gasteiger partial charge in [-0.2, -0.15) is 0 Å². The monoisotopic (exact) mass is 140 g/mol. The lowest BCUT2D eigenvalue weighted by molar-refractivity contribution is 0.824. The van der Waals surface area contributed by atoms with Crippen LogP contribution in [0.3, 0.4) is 0 Å². The molecule has 0 radical (unpaired) electrons. The molecular formula is C4H17OPSi. The second-order valence-electron chi connectivity index (χ2n) is 2.68. The largest absolute Gasteiger partial charge is 0.870 e. The summed E-state index contributed by atoms with van der Waals surface area (Å²) in [6, 6.07) is 0. The van der Waals surface area contributed by atoms with E-state index in [1.54, 1.807) is 0 Å². The molecular weight excluding hydrogens is 123 g/mol. The molecule has 1 N–H and O–H groups in total. The topological polar surface area (TPSA) is 30.0 Å². The first-order valence-electron chi connectivity index (χ1n) is 1.79. The number of hydrogen-bond donors (Lipinski definition) is 0. The van der Waals surface area contributed by atoms with Gasteiger partial charge < -0.3 is 5.48 Å². The Morgan fingerprint density at radius 1 is 0.857 bits per heavy atom. The van der Waals surface area contributed by atoms with Crippen molar-refractivity contribution in [1.29, 1.82) is 0 Å². The highest BCUT2D eigenvalue weighted by Crippen LogP contribution is 2.40. The van der Waals surface area contributed by atoms with Crippen molar-refractivity contribution in [1.82, 2.24) is 0 Å². The minimum atomic E-state index is -0.389. The van der Waals surface area contributed by atoms with Crippen LogP contribution in [0.2, 0.25) is 0 Å². The summed E-state index contributed by atoms with van der Waals surface area (Å²) in [6.07, 6.45) is 0. The van der Waals surface area contributed by atoms with Crippen molar-refractivity contribution in [2.45, 2.75) is 0 Å². The Morgan fingerprint density at radius 3 is 0.857 bits per heavy atom. The predicted octanol–water partition coefficient (Wildman–Crippen LogP) is -0.105. The number of rotatable bonds is 0. The molecule has 0 aromatic rings. The standard InChI is InChI=1S/C4H12P.H2O.H4Si/c1-5(2,3)4;;/h1-4H3;1H2;1H4/q+1;;/p-1. The van der Waals surface area contributed by atoms with Gasteiger partial charge in [0.15, 0.2) is 0 Å². The average molecular weight is 140 g/mol. The molecule has 0 spiro atoms. The van der Waals surface area contributed by atoms with Crippen molar-refractivity contribution < 1.29 is 5.48 Å². The molecule has 0 bridgehead atoms. The fourth-order valence-corrected chi connectivity index (χ4v) is 0. The van der Waals surface area contributed by atoms with Crippen LogP contribution in [0.5, 0.6) is 0 Å². The molecule has 3 heteroatoms. The SMILES string of the molecule is C[P+](C)(C)C.[OH-].[SiH4]. The molecule has 0 aromatic carbocycles. The summed E-state index contributed by atoms with van der Waals surface area (Å²) in [5, 5.41) is 0. The molecule has 0 amide bonds. The van der Waals surface area contributed by atoms with Crippen molar-refractivity contribution in [2.24, 2.45) is 0 Å². The van der Waals surface area contributed by atoms with E-state index >= 15 is 0 Å². The van der Waals surface area contributed by atoms with Crippen molar-refractivity contribution in [3.05, 3.63) is 0 Å². The van der Waals surface area contributed by atoms with Crippen LogP contribution >= 0.6 is 7.26 Å². The Hall–Kier alpha value is 0.607. The van der Waals surface area contributed by atoms with Gasteiger partial charge in [0, 0.05) is 33.9 Å². The van der Waals surface area contributed by atoms with E-state index in [-0.39, 0.29) is 23.7 Å². The Kier molecular flexibility index (Phi) is 10.6. The van der Waals surface area contributed by atoms with Gasteiger partial charge in [-0.15, -0.1) is 0 Å². The van der Waals surface area contributed by atoms with Crippen LogP contribution < -0.4 is 0 Å². The van der Waals surface area contributed by atoms with Gasteiger partial charge in [-0.1, -0.05) is 0 Å². The van der Waals surface area contributed by atoms with Gasteiger partial charge in [0.2, 0.25) is 0 Å². The predicted molar refractivity (Wildman–Crippen MR) is 43.9 cm³/mol. The van der Waals surface area contributed by atoms with Crippen molar-refractivity contribution in [3.8, 4) is 0 Å². The van der Waals surface area contributed by atoms with Crippen molar-refractivity contribution >= 4 is 18.2 Å². The molecule has 0 atom stereocenters. The van der Waals surface area contributed by atoms with Gasteiger partial charge in [-0.3, -0.25) is 0 Å². The summed E-state index contributed by atoms with van der Waals surface area (Å²) in [7, 11) is -0.389. The molecule has 0 saturated heterocycles. The first kappa shape index (κ1) is 15.6. The molecule has 7 heavy (non-hydrogen) atoms. The average Bonchev–Trinajstić information content (AvgIpc) is 0.722. The smallest absolute Gasteiger partial charge is 0.0481 e. The third-order valence-electron chi connectivity index (χ3n) is 0. The lowest BCUT2D eigenvalue weighted by atomic mass is 11.8. The summed E-state index contributed by atoms with van der Waals surface area (Å²) in [6.45, 7) is 9.19. The summed E-state index contributed by atoms with van der Waals surface area (Å²) < 4.78 is 0. The first-order chi connectivity index (χ1) is 2.00. The molecule has 0 fully saturated rings.